The predicted molar refractivity (Wildman–Crippen MR) is 103 cm³/mol. The molecule has 0 aromatic carbocycles. The highest BCUT2D eigenvalue weighted by molar-refractivity contribution is 5.68. The number of nitrogen functional groups attached to an aromatic ring is 1. The lowest BCUT2D eigenvalue weighted by Crippen LogP contribution is -2.49. The van der Waals surface area contributed by atoms with Crippen molar-refractivity contribution in [2.45, 2.75) is 52.3 Å². The van der Waals surface area contributed by atoms with Gasteiger partial charge in [0.05, 0.1) is 5.69 Å². The molecule has 1 fully saturated rings. The van der Waals surface area contributed by atoms with Crippen LogP contribution in [0.5, 0.6) is 0 Å². The summed E-state index contributed by atoms with van der Waals surface area (Å²) in [5.74, 6) is -0.0772. The maximum Gasteiger partial charge on any atom is 0.411 e. The van der Waals surface area contributed by atoms with E-state index in [-0.39, 0.29) is 17.2 Å². The zero-order chi connectivity index (χ0) is 20.4. The van der Waals surface area contributed by atoms with E-state index in [1.54, 1.807) is 44.7 Å². The number of nitrogens with two attached hydrogens (primary N) is 1. The van der Waals surface area contributed by atoms with E-state index < -0.39 is 17.9 Å². The van der Waals surface area contributed by atoms with Crippen LogP contribution in [0.3, 0.4) is 0 Å². The number of carbonyl (C=O) groups excluding carboxylic acids is 2. The highest BCUT2D eigenvalue weighted by Gasteiger charge is 2.37. The summed E-state index contributed by atoms with van der Waals surface area (Å²) in [6.07, 6.45) is 0.526. The third kappa shape index (κ3) is 4.69. The lowest BCUT2D eigenvalue weighted by molar-refractivity contribution is -0.109. The van der Waals surface area contributed by atoms with Crippen LogP contribution in [0, 0.1) is 12.8 Å². The van der Waals surface area contributed by atoms with Crippen molar-refractivity contribution < 1.29 is 14.3 Å². The highest BCUT2D eigenvalue weighted by atomic mass is 16.6. The summed E-state index contributed by atoms with van der Waals surface area (Å²) in [5, 5.41) is 2.59. The molecule has 3 N–H and O–H groups in total. The Morgan fingerprint density at radius 1 is 1.41 bits per heavy atom. The molecule has 1 saturated heterocycles. The minimum absolute atomic E-state index is 0.0772. The molecule has 8 heteroatoms. The predicted octanol–water partition coefficient (Wildman–Crippen LogP) is 2.14. The molecule has 8 nitrogen and oxygen atoms in total. The largest absolute Gasteiger partial charge is 0.444 e. The lowest BCUT2D eigenvalue weighted by atomic mass is 9.91. The molecular weight excluding hydrogens is 348 g/mol. The van der Waals surface area contributed by atoms with E-state index in [9.17, 15) is 14.4 Å². The number of aryl methyl sites for hydroxylation is 1. The summed E-state index contributed by atoms with van der Waals surface area (Å²) in [7, 11) is 0. The maximum atomic E-state index is 12.8. The van der Waals surface area contributed by atoms with E-state index in [1.165, 1.54) is 4.57 Å². The fourth-order valence-electron chi connectivity index (χ4n) is 3.26. The molecule has 2 unspecified atom stereocenters. The number of nitrogens with one attached hydrogen (secondary N) is 1. The average molecular weight is 376 g/mol. The molecular formula is C19H28N4O4. The van der Waals surface area contributed by atoms with Crippen molar-refractivity contribution >= 4 is 18.2 Å². The number of allylic oxidation sites excluding steroid dienone is 1. The van der Waals surface area contributed by atoms with Gasteiger partial charge >= 0.3 is 6.09 Å². The number of aromatic nitrogens is 1. The number of ether oxygens (including phenoxy) is 1. The quantitative estimate of drug-likeness (QED) is 0.783. The molecule has 0 aliphatic carbocycles. The minimum atomic E-state index is -0.656. The van der Waals surface area contributed by atoms with Crippen molar-refractivity contribution in [2.75, 3.05) is 12.3 Å². The number of hydrogen-bond donors (Lipinski definition) is 2. The van der Waals surface area contributed by atoms with Crippen LogP contribution in [0.25, 0.3) is 0 Å². The van der Waals surface area contributed by atoms with Gasteiger partial charge in [-0.15, -0.1) is 0 Å². The van der Waals surface area contributed by atoms with E-state index in [2.05, 4.69) is 11.9 Å². The average Bonchev–Trinajstić information content (AvgIpc) is 2.57. The molecule has 1 aromatic rings. The first-order chi connectivity index (χ1) is 12.5. The number of hydrogen-bond acceptors (Lipinski definition) is 5. The molecule has 2 amide bonds. The van der Waals surface area contributed by atoms with Crippen molar-refractivity contribution in [1.29, 1.82) is 0 Å². The van der Waals surface area contributed by atoms with Gasteiger partial charge in [-0.2, -0.15) is 0 Å². The first kappa shape index (κ1) is 20.5. The third-order valence-corrected chi connectivity index (χ3v) is 4.59. The number of piperidine rings is 1. The summed E-state index contributed by atoms with van der Waals surface area (Å²) >= 11 is 0. The summed E-state index contributed by atoms with van der Waals surface area (Å²) < 4.78 is 7.04. The van der Waals surface area contributed by atoms with Crippen LogP contribution in [-0.4, -0.2) is 34.1 Å². The van der Waals surface area contributed by atoms with Gasteiger partial charge in [0.15, 0.2) is 0 Å². The third-order valence-electron chi connectivity index (χ3n) is 4.59. The SMILES string of the molecule is C=C(NC=O)C1CCN(C(=O)OC(C)(C)C)C(n2c(C)ccc(N)c2=O)C1. The van der Waals surface area contributed by atoms with Gasteiger partial charge in [0.25, 0.3) is 5.56 Å². The molecule has 1 aliphatic rings. The van der Waals surface area contributed by atoms with E-state index in [0.717, 1.165) is 0 Å². The molecule has 148 valence electrons. The molecule has 27 heavy (non-hydrogen) atoms. The standard InChI is InChI=1S/C19H28N4O4/c1-12-6-7-15(20)17(25)23(12)16-10-14(13(2)21-11-24)8-9-22(16)18(26)27-19(3,4)5/h6-7,11,14,16H,2,8-10,20H2,1,3-5H3,(H,21,24). The second kappa shape index (κ2) is 7.85. The normalized spacial score (nSPS) is 20.1. The van der Waals surface area contributed by atoms with Gasteiger partial charge in [-0.3, -0.25) is 19.1 Å². The number of likely N-dealkylation sites (tertiary alicyclic amines) is 1. The minimum Gasteiger partial charge on any atom is -0.444 e. The summed E-state index contributed by atoms with van der Waals surface area (Å²) in [4.78, 5) is 37.8. The molecule has 1 aromatic heterocycles. The zero-order valence-corrected chi connectivity index (χ0v) is 16.3. The van der Waals surface area contributed by atoms with Gasteiger partial charge in [-0.25, -0.2) is 4.79 Å². The van der Waals surface area contributed by atoms with Crippen LogP contribution in [-0.2, 0) is 9.53 Å². The van der Waals surface area contributed by atoms with Crippen molar-refractivity contribution in [3.8, 4) is 0 Å². The zero-order valence-electron chi connectivity index (χ0n) is 16.3. The van der Waals surface area contributed by atoms with E-state index >= 15 is 0 Å². The van der Waals surface area contributed by atoms with E-state index in [4.69, 9.17) is 10.5 Å². The molecule has 0 bridgehead atoms. The van der Waals surface area contributed by atoms with Crippen molar-refractivity contribution in [3.63, 3.8) is 0 Å². The van der Waals surface area contributed by atoms with Crippen molar-refractivity contribution in [1.82, 2.24) is 14.8 Å². The second-order valence-electron chi connectivity index (χ2n) is 7.77. The fourth-order valence-corrected chi connectivity index (χ4v) is 3.26. The molecule has 2 atom stereocenters. The Morgan fingerprint density at radius 2 is 2.07 bits per heavy atom. The number of carbonyl (C=O) groups is 2. The van der Waals surface area contributed by atoms with Crippen molar-refractivity contribution in [2.24, 2.45) is 5.92 Å². The maximum absolute atomic E-state index is 12.8. The Kier molecular flexibility index (Phi) is 5.98. The summed E-state index contributed by atoms with van der Waals surface area (Å²) in [5.41, 5.74) is 6.16. The van der Waals surface area contributed by atoms with E-state index in [0.29, 0.717) is 37.2 Å². The van der Waals surface area contributed by atoms with Crippen molar-refractivity contribution in [3.05, 3.63) is 40.5 Å². The van der Waals surface area contributed by atoms with Crippen LogP contribution in [0.4, 0.5) is 10.5 Å². The van der Waals surface area contributed by atoms with Gasteiger partial charge in [0, 0.05) is 23.9 Å². The molecule has 0 radical (unpaired) electrons. The number of rotatable bonds is 4. The van der Waals surface area contributed by atoms with Gasteiger partial charge in [0.2, 0.25) is 6.41 Å². The Hall–Kier alpha value is -2.77. The second-order valence-corrected chi connectivity index (χ2v) is 7.77. The molecule has 1 aliphatic heterocycles. The fraction of sp³-hybridized carbons (Fsp3) is 0.526. The summed E-state index contributed by atoms with van der Waals surface area (Å²) in [6, 6.07) is 3.30. The molecule has 0 saturated carbocycles. The van der Waals surface area contributed by atoms with Gasteiger partial charge in [-0.1, -0.05) is 6.58 Å². The highest BCUT2D eigenvalue weighted by Crippen LogP contribution is 2.34. The first-order valence-corrected chi connectivity index (χ1v) is 8.91. The topological polar surface area (TPSA) is 107 Å². The lowest BCUT2D eigenvalue weighted by Gasteiger charge is -2.41. The number of pyridine rings is 1. The Bertz CT molecular complexity index is 794. The number of nitrogens with zero attached hydrogens (tertiary/aromatic N) is 2. The molecule has 2 heterocycles. The Balaban J connectivity index is 2.44. The van der Waals surface area contributed by atoms with Crippen LogP contribution in [0.1, 0.15) is 45.5 Å². The number of anilines is 1. The van der Waals surface area contributed by atoms with Crippen LogP contribution < -0.4 is 16.6 Å². The van der Waals surface area contributed by atoms with Crippen LogP contribution in [0.2, 0.25) is 0 Å². The Morgan fingerprint density at radius 3 is 2.67 bits per heavy atom. The van der Waals surface area contributed by atoms with Crippen LogP contribution >= 0.6 is 0 Å². The summed E-state index contributed by atoms with van der Waals surface area (Å²) in [6.45, 7) is 11.4. The first-order valence-electron chi connectivity index (χ1n) is 8.91. The monoisotopic (exact) mass is 376 g/mol. The van der Waals surface area contributed by atoms with Gasteiger partial charge in [-0.05, 0) is 52.7 Å². The molecule has 0 spiro atoms. The van der Waals surface area contributed by atoms with Crippen LogP contribution in [0.15, 0.2) is 29.2 Å². The van der Waals surface area contributed by atoms with Gasteiger partial charge < -0.3 is 15.8 Å². The molecule has 2 rings (SSSR count). The Labute approximate surface area is 159 Å². The smallest absolute Gasteiger partial charge is 0.411 e. The van der Waals surface area contributed by atoms with E-state index in [1.807, 2.05) is 0 Å². The number of amides is 2. The van der Waals surface area contributed by atoms with Gasteiger partial charge in [0.1, 0.15) is 11.8 Å².